The highest BCUT2D eigenvalue weighted by atomic mass is 19.1. The van der Waals surface area contributed by atoms with Gasteiger partial charge in [0.15, 0.2) is 0 Å². The highest BCUT2D eigenvalue weighted by Gasteiger charge is 2.26. The normalized spacial score (nSPS) is 16.0. The van der Waals surface area contributed by atoms with E-state index in [0.717, 1.165) is 16.6 Å². The average Bonchev–Trinajstić information content (AvgIpc) is 3.07. The van der Waals surface area contributed by atoms with E-state index in [1.807, 2.05) is 18.2 Å². The summed E-state index contributed by atoms with van der Waals surface area (Å²) in [6.07, 6.45) is 4.03. The molecule has 3 heterocycles. The first-order valence-electron chi connectivity index (χ1n) is 7.50. The van der Waals surface area contributed by atoms with Gasteiger partial charge < -0.3 is 10.1 Å². The van der Waals surface area contributed by atoms with Crippen LogP contribution in [0.4, 0.5) is 9.18 Å². The van der Waals surface area contributed by atoms with Crippen molar-refractivity contribution >= 4 is 17.1 Å². The van der Waals surface area contributed by atoms with Crippen molar-refractivity contribution in [2.45, 2.75) is 6.04 Å². The van der Waals surface area contributed by atoms with Crippen LogP contribution < -0.4 is 5.32 Å². The summed E-state index contributed by atoms with van der Waals surface area (Å²) in [5.74, 6) is 5.30. The minimum Gasteiger partial charge on any atom is -0.447 e. The van der Waals surface area contributed by atoms with Crippen molar-refractivity contribution in [2.75, 3.05) is 6.61 Å². The Labute approximate surface area is 142 Å². The predicted octanol–water partition coefficient (Wildman–Crippen LogP) is 2.34. The third kappa shape index (κ3) is 3.10. The number of carbonyl (C=O) groups excluding carboxylic acids is 1. The van der Waals surface area contributed by atoms with Crippen LogP contribution in [0.3, 0.4) is 0 Å². The number of amides is 1. The fourth-order valence-electron chi connectivity index (χ4n) is 2.52. The Bertz CT molecular complexity index is 1040. The third-order valence-corrected chi connectivity index (χ3v) is 3.74. The van der Waals surface area contributed by atoms with Crippen molar-refractivity contribution in [3.63, 3.8) is 0 Å². The highest BCUT2D eigenvalue weighted by Crippen LogP contribution is 2.21. The largest absolute Gasteiger partial charge is 0.447 e. The minimum absolute atomic E-state index is 0.0671. The number of carbonyl (C=O) groups is 1. The minimum atomic E-state index is -0.651. The molecule has 0 radical (unpaired) electrons. The van der Waals surface area contributed by atoms with Crippen molar-refractivity contribution in [3.8, 4) is 11.8 Å². The van der Waals surface area contributed by atoms with Crippen molar-refractivity contribution in [1.82, 2.24) is 20.3 Å². The summed E-state index contributed by atoms with van der Waals surface area (Å²) in [4.78, 5) is 23.3. The van der Waals surface area contributed by atoms with Crippen molar-refractivity contribution in [2.24, 2.45) is 0 Å². The zero-order chi connectivity index (χ0) is 17.2. The molecular weight excluding hydrogens is 323 g/mol. The quantitative estimate of drug-likeness (QED) is 0.546. The van der Waals surface area contributed by atoms with E-state index in [4.69, 9.17) is 4.74 Å². The van der Waals surface area contributed by atoms with Crippen LogP contribution in [0.25, 0.3) is 11.0 Å². The van der Waals surface area contributed by atoms with Crippen LogP contribution in [0.5, 0.6) is 0 Å². The summed E-state index contributed by atoms with van der Waals surface area (Å²) in [6, 6.07) is 6.52. The number of hydrogen-bond acceptors (Lipinski definition) is 5. The molecule has 0 unspecified atom stereocenters. The molecule has 3 aromatic rings. The lowest BCUT2D eigenvalue weighted by Gasteiger charge is -2.08. The van der Waals surface area contributed by atoms with Gasteiger partial charge in [-0.3, -0.25) is 9.97 Å². The number of hydrogen-bond donors (Lipinski definition) is 1. The molecule has 1 saturated heterocycles. The first-order chi connectivity index (χ1) is 12.2. The van der Waals surface area contributed by atoms with E-state index in [2.05, 4.69) is 32.1 Å². The predicted molar refractivity (Wildman–Crippen MR) is 86.9 cm³/mol. The van der Waals surface area contributed by atoms with Gasteiger partial charge in [0.1, 0.15) is 6.61 Å². The summed E-state index contributed by atoms with van der Waals surface area (Å²) in [5.41, 5.74) is 3.09. The summed E-state index contributed by atoms with van der Waals surface area (Å²) in [5, 5.41) is 2.53. The van der Waals surface area contributed by atoms with Crippen LogP contribution in [-0.2, 0) is 4.74 Å². The molecule has 1 aliphatic rings. The number of nitrogens with zero attached hydrogens (tertiary/aromatic N) is 3. The zero-order valence-electron chi connectivity index (χ0n) is 12.9. The van der Waals surface area contributed by atoms with Gasteiger partial charge in [-0.05, 0) is 24.3 Å². The van der Waals surface area contributed by atoms with Gasteiger partial charge in [-0.15, -0.1) is 0 Å². The van der Waals surface area contributed by atoms with Crippen LogP contribution in [0.1, 0.15) is 22.7 Å². The number of fused-ring (bicyclic) bond motifs is 1. The number of cyclic esters (lactones) is 1. The third-order valence-electron chi connectivity index (χ3n) is 3.74. The Kier molecular flexibility index (Phi) is 3.71. The molecule has 0 saturated carbocycles. The maximum absolute atomic E-state index is 13.9. The van der Waals surface area contributed by atoms with Crippen molar-refractivity contribution in [3.05, 3.63) is 65.5 Å². The molecule has 1 amide bonds. The Hall–Kier alpha value is -3.53. The van der Waals surface area contributed by atoms with Crippen molar-refractivity contribution in [1.29, 1.82) is 0 Å². The van der Waals surface area contributed by atoms with Gasteiger partial charge in [0.25, 0.3) is 0 Å². The first kappa shape index (κ1) is 15.0. The van der Waals surface area contributed by atoms with Gasteiger partial charge in [-0.2, -0.15) is 4.39 Å². The summed E-state index contributed by atoms with van der Waals surface area (Å²) < 4.78 is 18.7. The van der Waals surface area contributed by atoms with Crippen LogP contribution >= 0.6 is 0 Å². The summed E-state index contributed by atoms with van der Waals surface area (Å²) >= 11 is 0. The average molecular weight is 334 g/mol. The monoisotopic (exact) mass is 334 g/mol. The van der Waals surface area contributed by atoms with Crippen molar-refractivity contribution < 1.29 is 13.9 Å². The molecule has 6 nitrogen and oxygen atoms in total. The first-order valence-corrected chi connectivity index (χ1v) is 7.50. The molecule has 25 heavy (non-hydrogen) atoms. The van der Waals surface area contributed by atoms with E-state index in [1.165, 1.54) is 6.20 Å². The van der Waals surface area contributed by atoms with Crippen LogP contribution in [0, 0.1) is 17.8 Å². The molecule has 122 valence electrons. The molecule has 2 aromatic heterocycles. The van der Waals surface area contributed by atoms with E-state index < -0.39 is 18.1 Å². The fourth-order valence-corrected chi connectivity index (χ4v) is 2.52. The molecule has 0 bridgehead atoms. The molecule has 7 heteroatoms. The number of halogens is 1. The Morgan fingerprint density at radius 3 is 2.68 bits per heavy atom. The standard InChI is InChI=1S/C18H11FN4O2/c19-17-13(16-10-25-18(24)23-16)7-12(9-22-17)2-1-11-3-4-14-15(8-11)21-6-5-20-14/h3-9,16H,10H2,(H,23,24)/t16-/m0/s1. The number of aromatic nitrogens is 3. The highest BCUT2D eigenvalue weighted by molar-refractivity contribution is 5.75. The molecule has 1 aromatic carbocycles. The van der Waals surface area contributed by atoms with Gasteiger partial charge in [-0.25, -0.2) is 9.78 Å². The topological polar surface area (TPSA) is 77.0 Å². The van der Waals surface area contributed by atoms with Gasteiger partial charge in [0, 0.05) is 35.3 Å². The van der Waals surface area contributed by atoms with E-state index in [9.17, 15) is 9.18 Å². The fraction of sp³-hybridized carbons (Fsp3) is 0.111. The van der Waals surface area contributed by atoms with Gasteiger partial charge in [-0.1, -0.05) is 11.8 Å². The number of benzene rings is 1. The van der Waals surface area contributed by atoms with Gasteiger partial charge in [0.2, 0.25) is 5.95 Å². The van der Waals surface area contributed by atoms with Gasteiger partial charge in [0.05, 0.1) is 17.1 Å². The summed E-state index contributed by atoms with van der Waals surface area (Å²) in [6.45, 7) is 0.0671. The Morgan fingerprint density at radius 1 is 1.08 bits per heavy atom. The molecule has 4 rings (SSSR count). The van der Waals surface area contributed by atoms with Crippen LogP contribution in [0.2, 0.25) is 0 Å². The Balaban J connectivity index is 1.64. The molecule has 1 atom stereocenters. The second-order valence-corrected chi connectivity index (χ2v) is 5.41. The lowest BCUT2D eigenvalue weighted by atomic mass is 10.1. The van der Waals surface area contributed by atoms with E-state index in [1.54, 1.807) is 18.5 Å². The molecule has 1 aliphatic heterocycles. The molecule has 1 N–H and O–H groups in total. The Morgan fingerprint density at radius 2 is 1.88 bits per heavy atom. The molecule has 0 aliphatic carbocycles. The van der Waals surface area contributed by atoms with E-state index in [0.29, 0.717) is 5.56 Å². The molecular formula is C18H11FN4O2. The van der Waals surface area contributed by atoms with Crippen LogP contribution in [0.15, 0.2) is 42.9 Å². The number of nitrogens with one attached hydrogen (secondary N) is 1. The SMILES string of the molecule is O=C1N[C@H](c2cc(C#Cc3ccc4nccnc4c3)cnc2F)CO1. The van der Waals surface area contributed by atoms with Crippen LogP contribution in [-0.4, -0.2) is 27.7 Å². The second-order valence-electron chi connectivity index (χ2n) is 5.41. The zero-order valence-corrected chi connectivity index (χ0v) is 12.9. The number of rotatable bonds is 1. The smallest absolute Gasteiger partial charge is 0.407 e. The molecule has 0 spiro atoms. The van der Waals surface area contributed by atoms with E-state index >= 15 is 0 Å². The second kappa shape index (κ2) is 6.17. The number of ether oxygens (including phenoxy) is 1. The maximum atomic E-state index is 13.9. The molecule has 1 fully saturated rings. The summed E-state index contributed by atoms with van der Waals surface area (Å²) in [7, 11) is 0. The lowest BCUT2D eigenvalue weighted by molar-refractivity contribution is 0.176. The number of alkyl carbamates (subject to hydrolysis) is 1. The number of pyridine rings is 1. The lowest BCUT2D eigenvalue weighted by Crippen LogP contribution is -2.19. The van der Waals surface area contributed by atoms with E-state index in [-0.39, 0.29) is 12.2 Å². The van der Waals surface area contributed by atoms with Gasteiger partial charge >= 0.3 is 6.09 Å². The maximum Gasteiger partial charge on any atom is 0.407 e.